The molecule has 1 N–H and O–H groups in total. The highest BCUT2D eigenvalue weighted by Gasteiger charge is 2.03. The lowest BCUT2D eigenvalue weighted by atomic mass is 10.2. The summed E-state index contributed by atoms with van der Waals surface area (Å²) in [6.07, 6.45) is 3.34. The van der Waals surface area contributed by atoms with Crippen molar-refractivity contribution in [3.63, 3.8) is 0 Å². The van der Waals surface area contributed by atoms with Crippen LogP contribution >= 0.6 is 0 Å². The zero-order chi connectivity index (χ0) is 14.3. The molecule has 4 heteroatoms. The molecule has 0 aromatic carbocycles. The summed E-state index contributed by atoms with van der Waals surface area (Å²) in [5.41, 5.74) is 1.11. The molecule has 0 bridgehead atoms. The smallest absolute Gasteiger partial charge is 0.129 e. The van der Waals surface area contributed by atoms with E-state index in [9.17, 15) is 0 Å². The molecule has 0 radical (unpaired) electrons. The van der Waals surface area contributed by atoms with Crippen molar-refractivity contribution < 1.29 is 0 Å². The summed E-state index contributed by atoms with van der Waals surface area (Å²) in [4.78, 5) is 11.2. The first-order valence-electron chi connectivity index (χ1n) is 7.31. The van der Waals surface area contributed by atoms with Crippen molar-refractivity contribution in [2.45, 2.75) is 53.0 Å². The Bertz CT molecular complexity index is 376. The second-order valence-corrected chi connectivity index (χ2v) is 5.35. The van der Waals surface area contributed by atoms with Gasteiger partial charge in [0.1, 0.15) is 11.6 Å². The van der Waals surface area contributed by atoms with Gasteiger partial charge in [-0.3, -0.25) is 0 Å². The molecule has 0 saturated heterocycles. The molecule has 0 unspecified atom stereocenters. The maximum Gasteiger partial charge on any atom is 0.129 e. The second-order valence-electron chi connectivity index (χ2n) is 5.35. The number of rotatable bonds is 8. The molecule has 0 amide bonds. The van der Waals surface area contributed by atoms with Gasteiger partial charge in [0.05, 0.1) is 0 Å². The van der Waals surface area contributed by atoms with Crippen molar-refractivity contribution in [3.05, 3.63) is 17.6 Å². The fourth-order valence-corrected chi connectivity index (χ4v) is 1.86. The first-order valence-corrected chi connectivity index (χ1v) is 7.31. The quantitative estimate of drug-likeness (QED) is 0.733. The van der Waals surface area contributed by atoms with Crippen LogP contribution in [0.25, 0.3) is 0 Å². The third-order valence-corrected chi connectivity index (χ3v) is 3.38. The Morgan fingerprint density at radius 1 is 1.26 bits per heavy atom. The lowest BCUT2D eigenvalue weighted by Crippen LogP contribution is -2.27. The Labute approximate surface area is 117 Å². The number of hydrogen-bond donors (Lipinski definition) is 1. The van der Waals surface area contributed by atoms with Crippen LogP contribution in [0.5, 0.6) is 0 Å². The van der Waals surface area contributed by atoms with Crippen molar-refractivity contribution in [2.75, 3.05) is 25.5 Å². The van der Waals surface area contributed by atoms with Gasteiger partial charge in [-0.2, -0.15) is 0 Å². The van der Waals surface area contributed by atoms with E-state index in [4.69, 9.17) is 0 Å². The predicted octanol–water partition coefficient (Wildman–Crippen LogP) is 2.88. The van der Waals surface area contributed by atoms with Crippen molar-refractivity contribution in [3.8, 4) is 0 Å². The van der Waals surface area contributed by atoms with E-state index in [1.54, 1.807) is 0 Å². The average molecular weight is 264 g/mol. The van der Waals surface area contributed by atoms with Crippen molar-refractivity contribution in [1.29, 1.82) is 0 Å². The summed E-state index contributed by atoms with van der Waals surface area (Å²) >= 11 is 0. The molecule has 0 aliphatic carbocycles. The number of nitrogens with zero attached hydrogens (tertiary/aromatic N) is 3. The first-order chi connectivity index (χ1) is 9.02. The zero-order valence-corrected chi connectivity index (χ0v) is 13.0. The molecule has 0 atom stereocenters. The number of hydrogen-bond acceptors (Lipinski definition) is 4. The molecule has 1 aromatic heterocycles. The Morgan fingerprint density at radius 2 is 2.00 bits per heavy atom. The number of aryl methyl sites for hydroxylation is 2. The van der Waals surface area contributed by atoms with E-state index in [-0.39, 0.29) is 0 Å². The molecule has 4 nitrogen and oxygen atoms in total. The van der Waals surface area contributed by atoms with Gasteiger partial charge >= 0.3 is 0 Å². The van der Waals surface area contributed by atoms with E-state index in [1.165, 1.54) is 12.8 Å². The lowest BCUT2D eigenvalue weighted by molar-refractivity contribution is 0.269. The highest BCUT2D eigenvalue weighted by atomic mass is 15.1. The third kappa shape index (κ3) is 6.01. The van der Waals surface area contributed by atoms with Gasteiger partial charge in [0.2, 0.25) is 0 Å². The van der Waals surface area contributed by atoms with Crippen LogP contribution in [0.3, 0.4) is 0 Å². The highest BCUT2D eigenvalue weighted by molar-refractivity contribution is 5.35. The van der Waals surface area contributed by atoms with Crippen LogP contribution < -0.4 is 5.32 Å². The summed E-state index contributed by atoms with van der Waals surface area (Å²) in [5.74, 6) is 1.81. The summed E-state index contributed by atoms with van der Waals surface area (Å²) < 4.78 is 0. The molecule has 1 rings (SSSR count). The van der Waals surface area contributed by atoms with E-state index in [0.29, 0.717) is 6.04 Å². The average Bonchev–Trinajstić information content (AvgIpc) is 2.37. The number of unbranched alkanes of at least 4 members (excludes halogenated alkanes) is 1. The molecule has 0 spiro atoms. The minimum atomic E-state index is 0.629. The molecule has 108 valence electrons. The Hall–Kier alpha value is -1.16. The standard InChI is InChI=1S/C15H28N4/c1-6-14-11-15(18-13(4)17-14)16-9-7-8-10-19(5)12(2)3/h11-12H,6-10H2,1-5H3,(H,16,17,18). The van der Waals surface area contributed by atoms with Crippen molar-refractivity contribution >= 4 is 5.82 Å². The number of anilines is 1. The van der Waals surface area contributed by atoms with E-state index in [0.717, 1.165) is 36.8 Å². The van der Waals surface area contributed by atoms with Gasteiger partial charge in [0.15, 0.2) is 0 Å². The van der Waals surface area contributed by atoms with Crippen LogP contribution in [0.15, 0.2) is 6.07 Å². The van der Waals surface area contributed by atoms with E-state index in [1.807, 2.05) is 13.0 Å². The van der Waals surface area contributed by atoms with Crippen LogP contribution in [-0.4, -0.2) is 41.0 Å². The second kappa shape index (κ2) is 8.10. The predicted molar refractivity (Wildman–Crippen MR) is 81.6 cm³/mol. The maximum absolute atomic E-state index is 4.41. The van der Waals surface area contributed by atoms with Crippen LogP contribution in [0.4, 0.5) is 5.82 Å². The molecular formula is C15H28N4. The Kier molecular flexibility index (Phi) is 6.78. The van der Waals surface area contributed by atoms with Gasteiger partial charge in [-0.05, 0) is 53.6 Å². The van der Waals surface area contributed by atoms with E-state index >= 15 is 0 Å². The summed E-state index contributed by atoms with van der Waals surface area (Å²) in [5, 5.41) is 3.39. The minimum Gasteiger partial charge on any atom is -0.370 e. The van der Waals surface area contributed by atoms with Gasteiger partial charge in [0, 0.05) is 24.3 Å². The van der Waals surface area contributed by atoms with Gasteiger partial charge in [-0.15, -0.1) is 0 Å². The minimum absolute atomic E-state index is 0.629. The van der Waals surface area contributed by atoms with E-state index in [2.05, 4.69) is 48.0 Å². The van der Waals surface area contributed by atoms with E-state index < -0.39 is 0 Å². The molecule has 0 fully saturated rings. The maximum atomic E-state index is 4.41. The normalized spacial score (nSPS) is 11.3. The van der Waals surface area contributed by atoms with Gasteiger partial charge in [-0.25, -0.2) is 9.97 Å². The highest BCUT2D eigenvalue weighted by Crippen LogP contribution is 2.07. The molecule has 19 heavy (non-hydrogen) atoms. The summed E-state index contributed by atoms with van der Waals surface area (Å²) in [7, 11) is 2.18. The molecule has 0 saturated carbocycles. The van der Waals surface area contributed by atoms with Gasteiger partial charge in [0.25, 0.3) is 0 Å². The first kappa shape index (κ1) is 15.9. The molecule has 0 aliphatic rings. The SMILES string of the molecule is CCc1cc(NCCCCN(C)C(C)C)nc(C)n1. The van der Waals surface area contributed by atoms with Crippen LogP contribution in [-0.2, 0) is 6.42 Å². The Balaban J connectivity index is 2.28. The number of nitrogens with one attached hydrogen (secondary N) is 1. The largest absolute Gasteiger partial charge is 0.370 e. The van der Waals surface area contributed by atoms with Gasteiger partial charge in [-0.1, -0.05) is 6.92 Å². The molecular weight excluding hydrogens is 236 g/mol. The fourth-order valence-electron chi connectivity index (χ4n) is 1.86. The van der Waals surface area contributed by atoms with Crippen LogP contribution in [0.2, 0.25) is 0 Å². The summed E-state index contributed by atoms with van der Waals surface area (Å²) in [6, 6.07) is 2.68. The number of aromatic nitrogens is 2. The Morgan fingerprint density at radius 3 is 2.63 bits per heavy atom. The lowest BCUT2D eigenvalue weighted by Gasteiger charge is -2.20. The van der Waals surface area contributed by atoms with Crippen LogP contribution in [0, 0.1) is 6.92 Å². The van der Waals surface area contributed by atoms with Crippen LogP contribution in [0.1, 0.15) is 45.1 Å². The zero-order valence-electron chi connectivity index (χ0n) is 13.0. The topological polar surface area (TPSA) is 41.0 Å². The van der Waals surface area contributed by atoms with Crippen molar-refractivity contribution in [1.82, 2.24) is 14.9 Å². The summed E-state index contributed by atoms with van der Waals surface area (Å²) in [6.45, 7) is 10.7. The molecule has 0 aliphatic heterocycles. The van der Waals surface area contributed by atoms with Gasteiger partial charge < -0.3 is 10.2 Å². The van der Waals surface area contributed by atoms with Crippen molar-refractivity contribution in [2.24, 2.45) is 0 Å². The fraction of sp³-hybridized carbons (Fsp3) is 0.733. The molecule has 1 heterocycles. The molecule has 1 aromatic rings. The monoisotopic (exact) mass is 264 g/mol. The third-order valence-electron chi connectivity index (χ3n) is 3.38.